The van der Waals surface area contributed by atoms with Gasteiger partial charge >= 0.3 is 5.97 Å². The summed E-state index contributed by atoms with van der Waals surface area (Å²) in [5, 5.41) is 14.6. The Balaban J connectivity index is 2.50. The van der Waals surface area contributed by atoms with Crippen LogP contribution in [0, 0.1) is 5.92 Å². The van der Waals surface area contributed by atoms with Crippen LogP contribution in [0.1, 0.15) is 37.6 Å². The van der Waals surface area contributed by atoms with E-state index in [9.17, 15) is 9.90 Å². The van der Waals surface area contributed by atoms with E-state index in [1.165, 1.54) is 0 Å². The predicted octanol–water partition coefficient (Wildman–Crippen LogP) is 4.38. The number of nitrogens with one attached hydrogen (secondary N) is 1. The zero-order valence-corrected chi connectivity index (χ0v) is 12.2. The molecule has 0 spiro atoms. The van der Waals surface area contributed by atoms with Crippen molar-refractivity contribution in [3.05, 3.63) is 42.0 Å². The van der Waals surface area contributed by atoms with Crippen LogP contribution >= 0.6 is 0 Å². The molecule has 0 aromatic heterocycles. The molecule has 0 aliphatic rings. The van der Waals surface area contributed by atoms with Gasteiger partial charge in [-0.15, -0.1) is 0 Å². The Morgan fingerprint density at radius 1 is 1.15 bits per heavy atom. The number of rotatable bonds is 5. The molecule has 2 aromatic rings. The predicted molar refractivity (Wildman–Crippen MR) is 83.4 cm³/mol. The third kappa shape index (κ3) is 2.77. The molecule has 3 heteroatoms. The van der Waals surface area contributed by atoms with Gasteiger partial charge in [-0.3, -0.25) is 0 Å². The average Bonchev–Trinajstić information content (AvgIpc) is 2.43. The minimum atomic E-state index is -0.886. The molecule has 1 atom stereocenters. The smallest absolute Gasteiger partial charge is 0.336 e. The highest BCUT2D eigenvalue weighted by Gasteiger charge is 2.15. The fourth-order valence-electron chi connectivity index (χ4n) is 2.55. The van der Waals surface area contributed by atoms with E-state index in [0.717, 1.165) is 22.9 Å². The summed E-state index contributed by atoms with van der Waals surface area (Å²) in [5.74, 6) is -0.360. The lowest BCUT2D eigenvalue weighted by molar-refractivity contribution is 0.0699. The van der Waals surface area contributed by atoms with E-state index in [-0.39, 0.29) is 0 Å². The maximum atomic E-state index is 11.3. The van der Waals surface area contributed by atoms with E-state index in [1.54, 1.807) is 6.07 Å². The van der Waals surface area contributed by atoms with Crippen LogP contribution in [0.5, 0.6) is 0 Å². The van der Waals surface area contributed by atoms with Crippen LogP contribution in [-0.4, -0.2) is 17.1 Å². The Bertz CT molecular complexity index is 619. The SMILES string of the molecule is CCC(Nc1ccc(C(=O)O)c2ccccc12)C(C)C. The molecule has 106 valence electrons. The lowest BCUT2D eigenvalue weighted by Gasteiger charge is -2.23. The molecule has 20 heavy (non-hydrogen) atoms. The second kappa shape index (κ2) is 5.95. The molecule has 2 aromatic carbocycles. The zero-order valence-electron chi connectivity index (χ0n) is 12.2. The van der Waals surface area contributed by atoms with Crippen molar-refractivity contribution in [2.45, 2.75) is 33.2 Å². The third-order valence-electron chi connectivity index (χ3n) is 3.74. The lowest BCUT2D eigenvalue weighted by atomic mass is 9.99. The highest BCUT2D eigenvalue weighted by molar-refractivity contribution is 6.07. The number of fused-ring (bicyclic) bond motifs is 1. The first-order chi connectivity index (χ1) is 9.54. The van der Waals surface area contributed by atoms with Gasteiger partial charge < -0.3 is 10.4 Å². The Kier molecular flexibility index (Phi) is 4.28. The molecule has 0 aliphatic carbocycles. The fourth-order valence-corrected chi connectivity index (χ4v) is 2.55. The Hall–Kier alpha value is -2.03. The van der Waals surface area contributed by atoms with Crippen molar-refractivity contribution in [1.82, 2.24) is 0 Å². The second-order valence-electron chi connectivity index (χ2n) is 5.41. The molecule has 0 saturated carbocycles. The van der Waals surface area contributed by atoms with Crippen molar-refractivity contribution in [3.63, 3.8) is 0 Å². The van der Waals surface area contributed by atoms with Crippen LogP contribution < -0.4 is 5.32 Å². The van der Waals surface area contributed by atoms with Crippen LogP contribution in [0.2, 0.25) is 0 Å². The summed E-state index contributed by atoms with van der Waals surface area (Å²) in [4.78, 5) is 11.3. The van der Waals surface area contributed by atoms with Gasteiger partial charge in [-0.25, -0.2) is 4.79 Å². The topological polar surface area (TPSA) is 49.3 Å². The van der Waals surface area contributed by atoms with Crippen molar-refractivity contribution in [2.75, 3.05) is 5.32 Å². The van der Waals surface area contributed by atoms with E-state index in [4.69, 9.17) is 0 Å². The van der Waals surface area contributed by atoms with Crippen LogP contribution in [-0.2, 0) is 0 Å². The van der Waals surface area contributed by atoms with Gasteiger partial charge in [0.2, 0.25) is 0 Å². The second-order valence-corrected chi connectivity index (χ2v) is 5.41. The summed E-state index contributed by atoms with van der Waals surface area (Å²) in [6.45, 7) is 6.54. The molecular formula is C17H21NO2. The highest BCUT2D eigenvalue weighted by Crippen LogP contribution is 2.28. The molecule has 0 heterocycles. The minimum Gasteiger partial charge on any atom is -0.478 e. The van der Waals surface area contributed by atoms with E-state index in [1.807, 2.05) is 30.3 Å². The summed E-state index contributed by atoms with van der Waals surface area (Å²) < 4.78 is 0. The van der Waals surface area contributed by atoms with Gasteiger partial charge in [-0.2, -0.15) is 0 Å². The quantitative estimate of drug-likeness (QED) is 0.848. The van der Waals surface area contributed by atoms with Crippen molar-refractivity contribution in [1.29, 1.82) is 0 Å². The van der Waals surface area contributed by atoms with Gasteiger partial charge in [0.1, 0.15) is 0 Å². The molecule has 0 saturated heterocycles. The summed E-state index contributed by atoms with van der Waals surface area (Å²) in [6, 6.07) is 11.6. The van der Waals surface area contributed by atoms with Gasteiger partial charge in [0.15, 0.2) is 0 Å². The van der Waals surface area contributed by atoms with Crippen LogP contribution in [0.25, 0.3) is 10.8 Å². The number of aromatic carboxylic acids is 1. The Morgan fingerprint density at radius 3 is 2.35 bits per heavy atom. The van der Waals surface area contributed by atoms with Crippen molar-refractivity contribution in [2.24, 2.45) is 5.92 Å². The summed E-state index contributed by atoms with van der Waals surface area (Å²) in [5.41, 5.74) is 1.36. The maximum Gasteiger partial charge on any atom is 0.336 e. The van der Waals surface area contributed by atoms with Crippen LogP contribution in [0.3, 0.4) is 0 Å². The normalized spacial score (nSPS) is 12.6. The molecule has 2 rings (SSSR count). The standard InChI is InChI=1S/C17H21NO2/c1-4-15(11(2)3)18-16-10-9-14(17(19)20)12-7-5-6-8-13(12)16/h5-11,15,18H,4H2,1-3H3,(H,19,20). The summed E-state index contributed by atoms with van der Waals surface area (Å²) in [7, 11) is 0. The monoisotopic (exact) mass is 271 g/mol. The van der Waals surface area contributed by atoms with Gasteiger partial charge in [-0.05, 0) is 29.9 Å². The van der Waals surface area contributed by atoms with Gasteiger partial charge in [0, 0.05) is 17.1 Å². The fraction of sp³-hybridized carbons (Fsp3) is 0.353. The van der Waals surface area contributed by atoms with E-state index < -0.39 is 5.97 Å². The maximum absolute atomic E-state index is 11.3. The number of hydrogen-bond donors (Lipinski definition) is 2. The molecule has 0 radical (unpaired) electrons. The molecule has 2 N–H and O–H groups in total. The van der Waals surface area contributed by atoms with Crippen molar-refractivity contribution < 1.29 is 9.90 Å². The molecule has 0 bridgehead atoms. The molecule has 0 aliphatic heterocycles. The largest absolute Gasteiger partial charge is 0.478 e. The van der Waals surface area contributed by atoms with E-state index in [0.29, 0.717) is 17.5 Å². The van der Waals surface area contributed by atoms with Gasteiger partial charge in [-0.1, -0.05) is 45.0 Å². The minimum absolute atomic E-state index is 0.351. The van der Waals surface area contributed by atoms with Crippen molar-refractivity contribution in [3.8, 4) is 0 Å². The molecule has 0 amide bonds. The van der Waals surface area contributed by atoms with E-state index >= 15 is 0 Å². The van der Waals surface area contributed by atoms with E-state index in [2.05, 4.69) is 26.1 Å². The summed E-state index contributed by atoms with van der Waals surface area (Å²) >= 11 is 0. The lowest BCUT2D eigenvalue weighted by Crippen LogP contribution is -2.24. The van der Waals surface area contributed by atoms with Gasteiger partial charge in [0.25, 0.3) is 0 Å². The zero-order chi connectivity index (χ0) is 14.7. The number of benzene rings is 2. The Morgan fingerprint density at radius 2 is 1.80 bits per heavy atom. The molecule has 3 nitrogen and oxygen atoms in total. The summed E-state index contributed by atoms with van der Waals surface area (Å²) in [6.07, 6.45) is 1.03. The first-order valence-electron chi connectivity index (χ1n) is 7.06. The van der Waals surface area contributed by atoms with Crippen molar-refractivity contribution >= 4 is 22.4 Å². The average molecular weight is 271 g/mol. The first kappa shape index (κ1) is 14.4. The number of anilines is 1. The number of hydrogen-bond acceptors (Lipinski definition) is 2. The molecule has 0 fully saturated rings. The number of carboxylic acids is 1. The Labute approximate surface area is 119 Å². The van der Waals surface area contributed by atoms with Crippen LogP contribution in [0.15, 0.2) is 36.4 Å². The third-order valence-corrected chi connectivity index (χ3v) is 3.74. The molecular weight excluding hydrogens is 250 g/mol. The van der Waals surface area contributed by atoms with Gasteiger partial charge in [0.05, 0.1) is 5.56 Å². The van der Waals surface area contributed by atoms with Crippen LogP contribution in [0.4, 0.5) is 5.69 Å². The first-order valence-corrected chi connectivity index (χ1v) is 7.06. The number of carboxylic acid groups (broad SMARTS) is 1. The molecule has 1 unspecified atom stereocenters. The number of carbonyl (C=O) groups is 1. The highest BCUT2D eigenvalue weighted by atomic mass is 16.4.